The molecule has 0 atom stereocenters. The first-order chi connectivity index (χ1) is 11.1. The number of rotatable bonds is 4. The molecule has 10 heteroatoms. The van der Waals surface area contributed by atoms with Crippen molar-refractivity contribution in [3.63, 3.8) is 0 Å². The van der Waals surface area contributed by atoms with E-state index in [4.69, 9.17) is 25.5 Å². The number of aromatic nitrogens is 2. The molecule has 0 amide bonds. The number of hydrogen-bond acceptors (Lipinski definition) is 8. The summed E-state index contributed by atoms with van der Waals surface area (Å²) in [5.74, 6) is 1.93. The Hall–Kier alpha value is -2.59. The molecule has 0 bridgehead atoms. The fourth-order valence-corrected chi connectivity index (χ4v) is 1.78. The van der Waals surface area contributed by atoms with Crippen LogP contribution in [0.25, 0.3) is 0 Å². The van der Waals surface area contributed by atoms with Gasteiger partial charge in [-0.15, -0.1) is 0 Å². The molecule has 132 valence electrons. The molecule has 1 aromatic heterocycles. The van der Waals surface area contributed by atoms with E-state index in [1.54, 1.807) is 20.4 Å². The van der Waals surface area contributed by atoms with E-state index >= 15 is 0 Å². The topological polar surface area (TPSA) is 151 Å². The number of nitrogens with zero attached hydrogens (tertiary/aromatic N) is 2. The molecule has 0 spiro atoms. The fourth-order valence-electron chi connectivity index (χ4n) is 1.78. The summed E-state index contributed by atoms with van der Waals surface area (Å²) in [6.07, 6.45) is 2.95. The first-order valence-corrected chi connectivity index (χ1v) is 8.49. The van der Waals surface area contributed by atoms with Crippen LogP contribution in [-0.2, 0) is 16.5 Å². The number of anilines is 2. The number of benzene rings is 1. The molecule has 5 N–H and O–H groups in total. The highest BCUT2D eigenvalue weighted by Gasteiger charge is 2.08. The maximum Gasteiger partial charge on any atom is 0.261 e. The van der Waals surface area contributed by atoms with Gasteiger partial charge in [-0.25, -0.2) is 4.98 Å². The molecule has 9 nitrogen and oxygen atoms in total. The Labute approximate surface area is 140 Å². The van der Waals surface area contributed by atoms with Gasteiger partial charge in [-0.3, -0.25) is 4.55 Å². The van der Waals surface area contributed by atoms with E-state index in [0.29, 0.717) is 30.0 Å². The summed E-state index contributed by atoms with van der Waals surface area (Å²) in [6.45, 7) is 0. The third kappa shape index (κ3) is 6.67. The first kappa shape index (κ1) is 19.5. The molecule has 1 heterocycles. The van der Waals surface area contributed by atoms with Crippen molar-refractivity contribution in [2.24, 2.45) is 0 Å². The molecule has 1 aromatic carbocycles. The summed E-state index contributed by atoms with van der Waals surface area (Å²) in [7, 11) is -0.467. The molecular formula is C14H20N4O5S. The smallest absolute Gasteiger partial charge is 0.261 e. The fraction of sp³-hybridized carbons (Fsp3) is 0.286. The molecule has 0 unspecified atom stereocenters. The van der Waals surface area contributed by atoms with Crippen LogP contribution >= 0.6 is 0 Å². The molecule has 2 rings (SSSR count). The number of ether oxygens (including phenoxy) is 2. The normalized spacial score (nSPS) is 10.5. The Morgan fingerprint density at radius 3 is 2.25 bits per heavy atom. The van der Waals surface area contributed by atoms with Crippen molar-refractivity contribution in [2.75, 3.05) is 31.9 Å². The third-order valence-corrected chi connectivity index (χ3v) is 2.76. The van der Waals surface area contributed by atoms with Crippen molar-refractivity contribution >= 4 is 21.9 Å². The van der Waals surface area contributed by atoms with Crippen LogP contribution < -0.4 is 20.9 Å². The molecule has 0 aliphatic heterocycles. The maximum absolute atomic E-state index is 9.19. The number of nitrogens with two attached hydrogens (primary N) is 2. The van der Waals surface area contributed by atoms with Gasteiger partial charge in [-0.2, -0.15) is 13.4 Å². The van der Waals surface area contributed by atoms with Crippen LogP contribution in [0.1, 0.15) is 11.1 Å². The molecule has 0 saturated heterocycles. The third-order valence-electron chi connectivity index (χ3n) is 2.76. The van der Waals surface area contributed by atoms with Gasteiger partial charge < -0.3 is 20.9 Å². The lowest BCUT2D eigenvalue weighted by Crippen LogP contribution is -2.04. The van der Waals surface area contributed by atoms with E-state index in [9.17, 15) is 8.42 Å². The summed E-state index contributed by atoms with van der Waals surface area (Å²) in [5, 5.41) is 0. The maximum atomic E-state index is 9.19. The zero-order chi connectivity index (χ0) is 18.3. The Bertz CT molecular complexity index is 788. The van der Waals surface area contributed by atoms with Crippen LogP contribution in [-0.4, -0.2) is 43.4 Å². The zero-order valence-electron chi connectivity index (χ0n) is 13.6. The van der Waals surface area contributed by atoms with Gasteiger partial charge in [-0.1, -0.05) is 6.07 Å². The SMILES string of the molecule is COc1ccc(Cc2cnc(N)nc2N)cc1OC.CS(=O)(=O)O. The van der Waals surface area contributed by atoms with Crippen molar-refractivity contribution in [1.82, 2.24) is 9.97 Å². The average molecular weight is 356 g/mol. The standard InChI is InChI=1S/C13H16N4O2.CH4O3S/c1-18-10-4-3-8(6-11(10)19-2)5-9-7-16-13(15)17-12(9)14;1-5(2,3)4/h3-4,6-7H,5H2,1-2H3,(H4,14,15,16,17);1H3,(H,2,3,4). The summed E-state index contributed by atoms with van der Waals surface area (Å²) in [6, 6.07) is 5.69. The summed E-state index contributed by atoms with van der Waals surface area (Å²) >= 11 is 0. The van der Waals surface area contributed by atoms with Crippen molar-refractivity contribution in [3.05, 3.63) is 35.5 Å². The second-order valence-electron chi connectivity index (χ2n) is 4.74. The minimum atomic E-state index is -3.67. The minimum Gasteiger partial charge on any atom is -0.493 e. The van der Waals surface area contributed by atoms with Gasteiger partial charge in [0.05, 0.1) is 20.5 Å². The van der Waals surface area contributed by atoms with E-state index in [1.807, 2.05) is 18.2 Å². The van der Waals surface area contributed by atoms with Gasteiger partial charge in [0.15, 0.2) is 11.5 Å². The average Bonchev–Trinajstić information content (AvgIpc) is 2.48. The van der Waals surface area contributed by atoms with Crippen LogP contribution in [0.4, 0.5) is 11.8 Å². The Morgan fingerprint density at radius 1 is 1.17 bits per heavy atom. The van der Waals surface area contributed by atoms with E-state index in [0.717, 1.165) is 11.1 Å². The molecule has 0 fully saturated rings. The van der Waals surface area contributed by atoms with Crippen LogP contribution in [0.15, 0.2) is 24.4 Å². The predicted octanol–water partition coefficient (Wildman–Crippen LogP) is 0.753. The highest BCUT2D eigenvalue weighted by Crippen LogP contribution is 2.28. The van der Waals surface area contributed by atoms with Crippen molar-refractivity contribution in [3.8, 4) is 11.5 Å². The highest BCUT2D eigenvalue weighted by atomic mass is 32.2. The van der Waals surface area contributed by atoms with E-state index in [2.05, 4.69) is 9.97 Å². The lowest BCUT2D eigenvalue weighted by molar-refractivity contribution is 0.354. The number of methoxy groups -OCH3 is 2. The monoisotopic (exact) mass is 356 g/mol. The second-order valence-corrected chi connectivity index (χ2v) is 6.20. The van der Waals surface area contributed by atoms with E-state index in [-0.39, 0.29) is 5.95 Å². The largest absolute Gasteiger partial charge is 0.493 e. The molecular weight excluding hydrogens is 336 g/mol. The predicted molar refractivity (Wildman–Crippen MR) is 90.7 cm³/mol. The summed E-state index contributed by atoms with van der Waals surface area (Å²) in [5.41, 5.74) is 13.1. The van der Waals surface area contributed by atoms with Crippen LogP contribution in [0.5, 0.6) is 11.5 Å². The van der Waals surface area contributed by atoms with Crippen LogP contribution in [0.2, 0.25) is 0 Å². The van der Waals surface area contributed by atoms with E-state index in [1.165, 1.54) is 0 Å². The molecule has 0 saturated carbocycles. The number of nitrogen functional groups attached to an aromatic ring is 2. The molecule has 0 radical (unpaired) electrons. The zero-order valence-corrected chi connectivity index (χ0v) is 14.4. The summed E-state index contributed by atoms with van der Waals surface area (Å²) < 4.78 is 36.3. The molecule has 2 aromatic rings. The molecule has 0 aliphatic carbocycles. The van der Waals surface area contributed by atoms with Gasteiger partial charge in [0, 0.05) is 18.2 Å². The lowest BCUT2D eigenvalue weighted by Gasteiger charge is -2.10. The Morgan fingerprint density at radius 2 is 1.75 bits per heavy atom. The Kier molecular flexibility index (Phi) is 6.74. The van der Waals surface area contributed by atoms with Gasteiger partial charge in [0.2, 0.25) is 5.95 Å². The molecule has 24 heavy (non-hydrogen) atoms. The van der Waals surface area contributed by atoms with Crippen molar-refractivity contribution < 1.29 is 22.4 Å². The first-order valence-electron chi connectivity index (χ1n) is 6.64. The van der Waals surface area contributed by atoms with Crippen molar-refractivity contribution in [1.29, 1.82) is 0 Å². The van der Waals surface area contributed by atoms with E-state index < -0.39 is 10.1 Å². The summed E-state index contributed by atoms with van der Waals surface area (Å²) in [4.78, 5) is 7.88. The highest BCUT2D eigenvalue weighted by molar-refractivity contribution is 7.85. The minimum absolute atomic E-state index is 0.175. The lowest BCUT2D eigenvalue weighted by atomic mass is 10.1. The quantitative estimate of drug-likeness (QED) is 0.674. The molecule has 0 aliphatic rings. The van der Waals surface area contributed by atoms with Gasteiger partial charge in [-0.05, 0) is 17.7 Å². The van der Waals surface area contributed by atoms with Gasteiger partial charge in [0.25, 0.3) is 10.1 Å². The van der Waals surface area contributed by atoms with Crippen LogP contribution in [0.3, 0.4) is 0 Å². The second kappa shape index (κ2) is 8.31. The van der Waals surface area contributed by atoms with Gasteiger partial charge >= 0.3 is 0 Å². The number of hydrogen-bond donors (Lipinski definition) is 3. The van der Waals surface area contributed by atoms with Crippen LogP contribution in [0, 0.1) is 0 Å². The Balaban J connectivity index is 0.000000505. The van der Waals surface area contributed by atoms with Gasteiger partial charge in [0.1, 0.15) is 5.82 Å². The van der Waals surface area contributed by atoms with Crippen molar-refractivity contribution in [2.45, 2.75) is 6.42 Å².